The summed E-state index contributed by atoms with van der Waals surface area (Å²) in [5.74, 6) is 0. The maximum absolute atomic E-state index is 11.7. The molecule has 0 radical (unpaired) electrons. The van der Waals surface area contributed by atoms with E-state index in [4.69, 9.17) is 17.0 Å². The van der Waals surface area contributed by atoms with Gasteiger partial charge < -0.3 is 14.9 Å². The fourth-order valence-electron chi connectivity index (χ4n) is 3.28. The third-order valence-electron chi connectivity index (χ3n) is 4.71. The van der Waals surface area contributed by atoms with Crippen LogP contribution in [0.1, 0.15) is 49.7 Å². The van der Waals surface area contributed by atoms with Crippen molar-refractivity contribution in [1.82, 2.24) is 19.7 Å². The maximum atomic E-state index is 11.7. The third kappa shape index (κ3) is 6.28. The summed E-state index contributed by atoms with van der Waals surface area (Å²) in [5, 5.41) is 12.5. The van der Waals surface area contributed by atoms with E-state index in [0.717, 1.165) is 25.2 Å². The van der Waals surface area contributed by atoms with Gasteiger partial charge in [0.05, 0.1) is 30.5 Å². The van der Waals surface area contributed by atoms with Crippen molar-refractivity contribution in [3.05, 3.63) is 74.7 Å². The van der Waals surface area contributed by atoms with Gasteiger partial charge in [0.1, 0.15) is 5.02 Å². The van der Waals surface area contributed by atoms with Crippen molar-refractivity contribution < 1.29 is 0 Å². The van der Waals surface area contributed by atoms with Crippen LogP contribution >= 0.6 is 11.6 Å². The number of hydrogen-bond acceptors (Lipinski definition) is 5. The number of nitrogens with one attached hydrogen (secondary N) is 2. The van der Waals surface area contributed by atoms with Gasteiger partial charge in [-0.25, -0.2) is 10.1 Å². The molecule has 8 heteroatoms. The number of rotatable bonds is 3. The highest BCUT2D eigenvalue weighted by Gasteiger charge is 2.23. The second-order valence-electron chi connectivity index (χ2n) is 7.26. The molecular weight excluding hydrogens is 412 g/mol. The van der Waals surface area contributed by atoms with Crippen LogP contribution in [0.15, 0.2) is 41.6 Å². The molecule has 2 N–H and O–H groups in total. The number of H-pyrrole nitrogens is 1. The molecule has 0 saturated heterocycles. The first-order valence-corrected chi connectivity index (χ1v) is 10.8. The van der Waals surface area contributed by atoms with Crippen LogP contribution in [0.5, 0.6) is 0 Å². The lowest BCUT2D eigenvalue weighted by Crippen LogP contribution is -2.32. The highest BCUT2D eigenvalue weighted by molar-refractivity contribution is 6.32. The molecule has 0 spiro atoms. The van der Waals surface area contributed by atoms with Gasteiger partial charge in [-0.2, -0.15) is 5.10 Å². The molecule has 0 fully saturated rings. The lowest BCUT2D eigenvalue weighted by Gasteiger charge is -2.29. The smallest absolute Gasteiger partial charge is 0.285 e. The number of aryl methyl sites for hydroxylation is 1. The molecule has 3 aromatic rings. The largest absolute Gasteiger partial charge is 0.362 e. The average molecular weight is 443 g/mol. The van der Waals surface area contributed by atoms with Crippen molar-refractivity contribution in [3.8, 4) is 0 Å². The molecule has 0 saturated carbocycles. The molecule has 3 heterocycles. The minimum absolute atomic E-state index is 0.179. The first-order chi connectivity index (χ1) is 15.0. The van der Waals surface area contributed by atoms with Crippen LogP contribution in [-0.4, -0.2) is 32.5 Å². The van der Waals surface area contributed by atoms with E-state index in [1.165, 1.54) is 29.5 Å². The minimum atomic E-state index is -0.366. The number of imidazole rings is 1. The highest BCUT2D eigenvalue weighted by Crippen LogP contribution is 2.27. The van der Waals surface area contributed by atoms with E-state index in [-0.39, 0.29) is 10.6 Å². The maximum Gasteiger partial charge on any atom is 0.285 e. The Bertz CT molecular complexity index is 1040. The standard InChI is InChI=1S/C18H18ClN5O.C3H8.C2H5N/c1-12-4-2-3-5-13(12)9-24-11-20-14-10-23(7-6-15(14)24)16-8-21-22-18(25)17(16)19;1-3-2;1-2-3/h2-5,8,11H,6-7,9-10H2,1H3,(H,22,25);3H2,1-2H3;2-3H,1H3. The Kier molecular flexibility index (Phi) is 9.46. The van der Waals surface area contributed by atoms with Crippen molar-refractivity contribution in [2.24, 2.45) is 0 Å². The third-order valence-corrected chi connectivity index (χ3v) is 5.08. The number of anilines is 1. The van der Waals surface area contributed by atoms with Crippen LogP contribution in [0.3, 0.4) is 0 Å². The van der Waals surface area contributed by atoms with Gasteiger partial charge in [0.25, 0.3) is 5.56 Å². The normalized spacial score (nSPS) is 12.1. The monoisotopic (exact) mass is 442 g/mol. The molecule has 0 unspecified atom stereocenters. The minimum Gasteiger partial charge on any atom is -0.362 e. The summed E-state index contributed by atoms with van der Waals surface area (Å²) in [6, 6.07) is 8.40. The van der Waals surface area contributed by atoms with Gasteiger partial charge in [-0.15, -0.1) is 0 Å². The molecule has 4 rings (SSSR count). The Morgan fingerprint density at radius 2 is 1.97 bits per heavy atom. The molecule has 0 bridgehead atoms. The fourth-order valence-corrected chi connectivity index (χ4v) is 3.49. The van der Waals surface area contributed by atoms with E-state index >= 15 is 0 Å². The predicted octanol–water partition coefficient (Wildman–Crippen LogP) is 4.61. The zero-order valence-corrected chi connectivity index (χ0v) is 19.4. The number of fused-ring (bicyclic) bond motifs is 1. The van der Waals surface area contributed by atoms with E-state index in [1.54, 1.807) is 13.1 Å². The highest BCUT2D eigenvalue weighted by atomic mass is 35.5. The number of nitrogens with zero attached hydrogens (tertiary/aromatic N) is 4. The number of hydrogen-bond donors (Lipinski definition) is 2. The number of aromatic nitrogens is 4. The van der Waals surface area contributed by atoms with Crippen LogP contribution in [0.4, 0.5) is 5.69 Å². The molecule has 31 heavy (non-hydrogen) atoms. The summed E-state index contributed by atoms with van der Waals surface area (Å²) in [6.45, 7) is 10.3. The van der Waals surface area contributed by atoms with Gasteiger partial charge in [-0.1, -0.05) is 56.1 Å². The number of halogens is 1. The summed E-state index contributed by atoms with van der Waals surface area (Å²) in [7, 11) is 0. The van der Waals surface area contributed by atoms with Gasteiger partial charge >= 0.3 is 0 Å². The Morgan fingerprint density at radius 3 is 2.65 bits per heavy atom. The topological polar surface area (TPSA) is 90.7 Å². The molecule has 2 aromatic heterocycles. The van der Waals surface area contributed by atoms with E-state index in [0.29, 0.717) is 12.2 Å². The van der Waals surface area contributed by atoms with Crippen LogP contribution in [0.25, 0.3) is 0 Å². The van der Waals surface area contributed by atoms with Gasteiger partial charge in [0.15, 0.2) is 0 Å². The Morgan fingerprint density at radius 1 is 1.29 bits per heavy atom. The van der Waals surface area contributed by atoms with Crippen LogP contribution < -0.4 is 10.5 Å². The summed E-state index contributed by atoms with van der Waals surface area (Å²) in [5.41, 5.74) is 5.14. The van der Waals surface area contributed by atoms with Gasteiger partial charge in [0.2, 0.25) is 0 Å². The zero-order chi connectivity index (χ0) is 22.8. The number of aromatic amines is 1. The van der Waals surface area contributed by atoms with Crippen molar-refractivity contribution in [2.75, 3.05) is 11.4 Å². The van der Waals surface area contributed by atoms with Crippen LogP contribution in [0.2, 0.25) is 5.02 Å². The van der Waals surface area contributed by atoms with Crippen LogP contribution in [-0.2, 0) is 19.5 Å². The first-order valence-electron chi connectivity index (χ1n) is 10.5. The zero-order valence-electron chi connectivity index (χ0n) is 18.7. The van der Waals surface area contributed by atoms with E-state index in [2.05, 4.69) is 69.7 Å². The fraction of sp³-hybridized carbons (Fsp3) is 0.391. The molecular formula is C23H31ClN6O. The van der Waals surface area contributed by atoms with Crippen molar-refractivity contribution >= 4 is 23.5 Å². The lowest BCUT2D eigenvalue weighted by atomic mass is 10.1. The summed E-state index contributed by atoms with van der Waals surface area (Å²) in [4.78, 5) is 18.3. The van der Waals surface area contributed by atoms with Gasteiger partial charge in [0, 0.05) is 25.2 Å². The first kappa shape index (κ1) is 24.3. The molecule has 0 amide bonds. The number of benzene rings is 1. The van der Waals surface area contributed by atoms with Crippen molar-refractivity contribution in [1.29, 1.82) is 5.41 Å². The molecule has 0 aliphatic carbocycles. The van der Waals surface area contributed by atoms with E-state index in [1.807, 2.05) is 6.33 Å². The molecule has 0 atom stereocenters. The second kappa shape index (κ2) is 12.1. The predicted molar refractivity (Wildman–Crippen MR) is 128 cm³/mol. The molecule has 1 aliphatic heterocycles. The van der Waals surface area contributed by atoms with Crippen LogP contribution in [0, 0.1) is 12.3 Å². The quantitative estimate of drug-likeness (QED) is 0.579. The Balaban J connectivity index is 0.000000513. The molecule has 1 aromatic carbocycles. The summed E-state index contributed by atoms with van der Waals surface area (Å²) in [6.07, 6.45) is 6.85. The SMILES string of the molecule is CC=N.CCC.Cc1ccccc1Cn1cnc2c1CCN(c1cn[nH]c(=O)c1Cl)C2. The molecule has 7 nitrogen and oxygen atoms in total. The summed E-state index contributed by atoms with van der Waals surface area (Å²) < 4.78 is 2.21. The van der Waals surface area contributed by atoms with Gasteiger partial charge in [-0.05, 0) is 31.2 Å². The van der Waals surface area contributed by atoms with Crippen molar-refractivity contribution in [3.63, 3.8) is 0 Å². The van der Waals surface area contributed by atoms with E-state index in [9.17, 15) is 4.79 Å². The van der Waals surface area contributed by atoms with Gasteiger partial charge in [-0.3, -0.25) is 4.79 Å². The molecule has 166 valence electrons. The second-order valence-corrected chi connectivity index (χ2v) is 7.64. The summed E-state index contributed by atoms with van der Waals surface area (Å²) >= 11 is 6.13. The van der Waals surface area contributed by atoms with Crippen molar-refractivity contribution in [2.45, 2.75) is 53.6 Å². The average Bonchev–Trinajstić information content (AvgIpc) is 3.15. The lowest BCUT2D eigenvalue weighted by molar-refractivity contribution is 0.659. The Hall–Kier alpha value is -2.93. The van der Waals surface area contributed by atoms with E-state index < -0.39 is 0 Å². The molecule has 1 aliphatic rings. The Labute approximate surface area is 188 Å².